The largest absolute Gasteiger partial charge is 0.491 e. The van der Waals surface area contributed by atoms with Crippen molar-refractivity contribution in [2.45, 2.75) is 31.8 Å². The molecule has 1 aliphatic rings. The van der Waals surface area contributed by atoms with E-state index in [1.54, 1.807) is 6.07 Å². The van der Waals surface area contributed by atoms with Gasteiger partial charge in [-0.3, -0.25) is 0 Å². The first-order valence-electron chi connectivity index (χ1n) is 7.38. The van der Waals surface area contributed by atoms with E-state index in [1.165, 1.54) is 17.5 Å². The first-order valence-corrected chi connectivity index (χ1v) is 7.76. The summed E-state index contributed by atoms with van der Waals surface area (Å²) in [6.07, 6.45) is 3.48. The fourth-order valence-electron chi connectivity index (χ4n) is 3.05. The lowest BCUT2D eigenvalue weighted by molar-refractivity contribution is 0.248. The van der Waals surface area contributed by atoms with Crippen molar-refractivity contribution in [1.29, 1.82) is 0 Å². The quantitative estimate of drug-likeness (QED) is 0.911. The van der Waals surface area contributed by atoms with E-state index in [0.717, 1.165) is 18.4 Å². The molecule has 0 heterocycles. The van der Waals surface area contributed by atoms with E-state index in [9.17, 15) is 5.11 Å². The number of aryl methyl sites for hydroxylation is 1. The standard InChI is InChI=1S/C18H19ClO2/c19-17-10-4-7-14(11-20)18(17)21-12-15-8-3-6-13-5-1-2-9-16(13)15/h1-2,4-5,7,9-10,15,20H,3,6,8,11-12H2. The Labute approximate surface area is 130 Å². The molecule has 0 fully saturated rings. The lowest BCUT2D eigenvalue weighted by atomic mass is 9.83. The van der Waals surface area contributed by atoms with Crippen LogP contribution in [0.2, 0.25) is 5.02 Å². The van der Waals surface area contributed by atoms with E-state index >= 15 is 0 Å². The van der Waals surface area contributed by atoms with Crippen LogP contribution in [0.15, 0.2) is 42.5 Å². The number of rotatable bonds is 4. The van der Waals surface area contributed by atoms with E-state index in [0.29, 0.717) is 23.3 Å². The Kier molecular flexibility index (Phi) is 4.47. The number of para-hydroxylation sites is 1. The molecule has 3 rings (SSSR count). The van der Waals surface area contributed by atoms with Gasteiger partial charge in [-0.1, -0.05) is 48.0 Å². The Morgan fingerprint density at radius 1 is 1.14 bits per heavy atom. The van der Waals surface area contributed by atoms with Crippen molar-refractivity contribution >= 4 is 11.6 Å². The number of aliphatic hydroxyl groups is 1. The van der Waals surface area contributed by atoms with Gasteiger partial charge in [0.2, 0.25) is 0 Å². The van der Waals surface area contributed by atoms with Gasteiger partial charge in [-0.15, -0.1) is 0 Å². The van der Waals surface area contributed by atoms with Crippen LogP contribution in [0, 0.1) is 0 Å². The van der Waals surface area contributed by atoms with Crippen molar-refractivity contribution in [2.75, 3.05) is 6.61 Å². The summed E-state index contributed by atoms with van der Waals surface area (Å²) < 4.78 is 5.96. The average Bonchev–Trinajstić information content (AvgIpc) is 2.53. The van der Waals surface area contributed by atoms with Crippen LogP contribution in [-0.4, -0.2) is 11.7 Å². The molecule has 0 radical (unpaired) electrons. The van der Waals surface area contributed by atoms with Gasteiger partial charge in [-0.25, -0.2) is 0 Å². The molecule has 110 valence electrons. The first kappa shape index (κ1) is 14.4. The maximum Gasteiger partial charge on any atom is 0.143 e. The third kappa shape index (κ3) is 3.07. The predicted octanol–water partition coefficient (Wildman–Crippen LogP) is 4.33. The maximum atomic E-state index is 9.40. The highest BCUT2D eigenvalue weighted by atomic mass is 35.5. The van der Waals surface area contributed by atoms with E-state index in [-0.39, 0.29) is 6.61 Å². The van der Waals surface area contributed by atoms with Gasteiger partial charge in [0, 0.05) is 11.5 Å². The zero-order valence-electron chi connectivity index (χ0n) is 11.9. The van der Waals surface area contributed by atoms with E-state index < -0.39 is 0 Å². The maximum absolute atomic E-state index is 9.40. The topological polar surface area (TPSA) is 29.5 Å². The monoisotopic (exact) mass is 302 g/mol. The summed E-state index contributed by atoms with van der Waals surface area (Å²) in [6, 6.07) is 14.1. The van der Waals surface area contributed by atoms with Gasteiger partial charge >= 0.3 is 0 Å². The molecule has 2 aromatic rings. The van der Waals surface area contributed by atoms with Gasteiger partial charge in [0.05, 0.1) is 18.2 Å². The smallest absolute Gasteiger partial charge is 0.143 e. The number of ether oxygens (including phenoxy) is 1. The number of hydrogen-bond donors (Lipinski definition) is 1. The second-order valence-electron chi connectivity index (χ2n) is 5.49. The average molecular weight is 303 g/mol. The highest BCUT2D eigenvalue weighted by Gasteiger charge is 2.21. The molecule has 1 atom stereocenters. The molecule has 2 aromatic carbocycles. The number of benzene rings is 2. The molecule has 0 aromatic heterocycles. The Balaban J connectivity index is 1.78. The fourth-order valence-corrected chi connectivity index (χ4v) is 3.30. The van der Waals surface area contributed by atoms with Gasteiger partial charge in [0.1, 0.15) is 5.75 Å². The minimum atomic E-state index is -0.0584. The number of fused-ring (bicyclic) bond motifs is 1. The van der Waals surface area contributed by atoms with Crippen LogP contribution in [0.5, 0.6) is 5.75 Å². The lowest BCUT2D eigenvalue weighted by Crippen LogP contribution is -2.17. The molecule has 0 amide bonds. The fraction of sp³-hybridized carbons (Fsp3) is 0.333. The molecule has 0 bridgehead atoms. The lowest BCUT2D eigenvalue weighted by Gasteiger charge is -2.26. The van der Waals surface area contributed by atoms with Crippen molar-refractivity contribution in [2.24, 2.45) is 0 Å². The van der Waals surface area contributed by atoms with Crippen LogP contribution in [-0.2, 0) is 13.0 Å². The normalized spacial score (nSPS) is 17.3. The summed E-state index contributed by atoms with van der Waals surface area (Å²) in [4.78, 5) is 0. The molecule has 2 nitrogen and oxygen atoms in total. The number of halogens is 1. The molecule has 0 saturated heterocycles. The van der Waals surface area contributed by atoms with Crippen molar-refractivity contribution in [3.05, 3.63) is 64.2 Å². The Morgan fingerprint density at radius 3 is 2.86 bits per heavy atom. The number of aliphatic hydroxyl groups excluding tert-OH is 1. The zero-order chi connectivity index (χ0) is 14.7. The third-order valence-electron chi connectivity index (χ3n) is 4.14. The van der Waals surface area contributed by atoms with Crippen LogP contribution in [0.25, 0.3) is 0 Å². The molecule has 1 aliphatic carbocycles. The third-order valence-corrected chi connectivity index (χ3v) is 4.44. The molecular formula is C18H19ClO2. The van der Waals surface area contributed by atoms with Gasteiger partial charge < -0.3 is 9.84 Å². The molecular weight excluding hydrogens is 284 g/mol. The Hall–Kier alpha value is -1.51. The molecule has 0 spiro atoms. The van der Waals surface area contributed by atoms with Crippen LogP contribution in [0.3, 0.4) is 0 Å². The highest BCUT2D eigenvalue weighted by molar-refractivity contribution is 6.32. The molecule has 21 heavy (non-hydrogen) atoms. The van der Waals surface area contributed by atoms with Crippen molar-refractivity contribution in [3.8, 4) is 5.75 Å². The molecule has 0 aliphatic heterocycles. The van der Waals surface area contributed by atoms with E-state index in [2.05, 4.69) is 24.3 Å². The molecule has 0 saturated carbocycles. The van der Waals surface area contributed by atoms with Crippen molar-refractivity contribution in [3.63, 3.8) is 0 Å². The van der Waals surface area contributed by atoms with Crippen molar-refractivity contribution < 1.29 is 9.84 Å². The summed E-state index contributed by atoms with van der Waals surface area (Å²) in [5.74, 6) is 1.02. The number of hydrogen-bond acceptors (Lipinski definition) is 2. The minimum Gasteiger partial charge on any atom is -0.491 e. The summed E-state index contributed by atoms with van der Waals surface area (Å²) in [7, 11) is 0. The second-order valence-corrected chi connectivity index (χ2v) is 5.89. The predicted molar refractivity (Wildman–Crippen MR) is 85.0 cm³/mol. The van der Waals surface area contributed by atoms with Crippen LogP contribution in [0.4, 0.5) is 0 Å². The Morgan fingerprint density at radius 2 is 2.00 bits per heavy atom. The molecule has 3 heteroatoms. The summed E-state index contributed by atoms with van der Waals surface area (Å²) in [6.45, 7) is 0.547. The Bertz CT molecular complexity index is 624. The van der Waals surface area contributed by atoms with Crippen LogP contribution >= 0.6 is 11.6 Å². The second kappa shape index (κ2) is 6.50. The first-order chi connectivity index (χ1) is 10.3. The molecule has 1 N–H and O–H groups in total. The van der Waals surface area contributed by atoms with E-state index in [1.807, 2.05) is 12.1 Å². The highest BCUT2D eigenvalue weighted by Crippen LogP contribution is 2.34. The summed E-state index contributed by atoms with van der Waals surface area (Å²) in [5, 5.41) is 9.96. The van der Waals surface area contributed by atoms with Crippen molar-refractivity contribution in [1.82, 2.24) is 0 Å². The van der Waals surface area contributed by atoms with Gasteiger partial charge in [0.15, 0.2) is 0 Å². The summed E-state index contributed by atoms with van der Waals surface area (Å²) in [5.41, 5.74) is 3.56. The van der Waals surface area contributed by atoms with Crippen LogP contribution in [0.1, 0.15) is 35.4 Å². The minimum absolute atomic E-state index is 0.0584. The zero-order valence-corrected chi connectivity index (χ0v) is 12.6. The SMILES string of the molecule is OCc1cccc(Cl)c1OCC1CCCc2ccccc21. The molecule has 1 unspecified atom stereocenters. The van der Waals surface area contributed by atoms with Crippen LogP contribution < -0.4 is 4.74 Å². The van der Waals surface area contributed by atoms with E-state index in [4.69, 9.17) is 16.3 Å². The van der Waals surface area contributed by atoms with Gasteiger partial charge in [-0.2, -0.15) is 0 Å². The van der Waals surface area contributed by atoms with Gasteiger partial charge in [0.25, 0.3) is 0 Å². The summed E-state index contributed by atoms with van der Waals surface area (Å²) >= 11 is 6.19. The van der Waals surface area contributed by atoms with Gasteiger partial charge in [-0.05, 0) is 36.5 Å².